The Balaban J connectivity index is 2.20. The Morgan fingerprint density at radius 2 is 1.95 bits per heavy atom. The van der Waals surface area contributed by atoms with Crippen LogP contribution in [-0.4, -0.2) is 15.0 Å². The number of nitrogens with one attached hydrogen (secondary N) is 1. The minimum atomic E-state index is -4.39. The molecule has 20 heavy (non-hydrogen) atoms. The first-order chi connectivity index (χ1) is 9.36. The molecule has 0 fully saturated rings. The van der Waals surface area contributed by atoms with E-state index >= 15 is 0 Å². The maximum Gasteiger partial charge on any atom is 0.416 e. The van der Waals surface area contributed by atoms with Crippen LogP contribution in [0.5, 0.6) is 0 Å². The van der Waals surface area contributed by atoms with E-state index in [1.54, 1.807) is 0 Å². The normalized spacial score (nSPS) is 11.2. The van der Waals surface area contributed by atoms with Gasteiger partial charge >= 0.3 is 6.18 Å². The second-order valence-electron chi connectivity index (χ2n) is 3.85. The van der Waals surface area contributed by atoms with E-state index in [0.29, 0.717) is 11.5 Å². The van der Waals surface area contributed by atoms with Crippen LogP contribution in [0, 0.1) is 0 Å². The van der Waals surface area contributed by atoms with Gasteiger partial charge in [0.1, 0.15) is 16.5 Å². The van der Waals surface area contributed by atoms with Gasteiger partial charge in [-0.3, -0.25) is 0 Å². The molecule has 0 spiro atoms. The fraction of sp³-hybridized carbons (Fsp3) is 0.0833. The zero-order valence-electron chi connectivity index (χ0n) is 9.98. The van der Waals surface area contributed by atoms with Gasteiger partial charge in [-0.2, -0.15) is 13.2 Å². The maximum absolute atomic E-state index is 12.6. The monoisotopic (exact) mass is 298 g/mol. The Labute approximate surface area is 117 Å². The third-order valence-electron chi connectivity index (χ3n) is 2.37. The number of alkyl halides is 3. The first-order valence-electron chi connectivity index (χ1n) is 5.42. The van der Waals surface area contributed by atoms with Crippen molar-refractivity contribution < 1.29 is 13.2 Å². The molecule has 0 aliphatic rings. The molecular formula is C12H9F3N4S. The van der Waals surface area contributed by atoms with E-state index in [9.17, 15) is 13.2 Å². The molecular weight excluding hydrogens is 289 g/mol. The molecule has 0 radical (unpaired) electrons. The molecule has 2 aromatic rings. The second-order valence-corrected chi connectivity index (χ2v) is 4.29. The highest BCUT2D eigenvalue weighted by Gasteiger charge is 2.30. The van der Waals surface area contributed by atoms with Crippen molar-refractivity contribution in [2.45, 2.75) is 6.18 Å². The number of rotatable bonds is 3. The van der Waals surface area contributed by atoms with Crippen LogP contribution in [0.25, 0.3) is 0 Å². The van der Waals surface area contributed by atoms with Crippen molar-refractivity contribution in [1.29, 1.82) is 0 Å². The van der Waals surface area contributed by atoms with Gasteiger partial charge in [-0.1, -0.05) is 18.3 Å². The molecule has 1 heterocycles. The summed E-state index contributed by atoms with van der Waals surface area (Å²) in [6.07, 6.45) is -1.70. The highest BCUT2D eigenvalue weighted by Crippen LogP contribution is 2.31. The predicted octanol–water partition coefficient (Wildman–Crippen LogP) is 2.87. The topological polar surface area (TPSA) is 63.8 Å². The first-order valence-corrected chi connectivity index (χ1v) is 5.83. The first kappa shape index (κ1) is 14.2. The quantitative estimate of drug-likeness (QED) is 0.853. The van der Waals surface area contributed by atoms with Gasteiger partial charge in [-0.25, -0.2) is 9.97 Å². The predicted molar refractivity (Wildman–Crippen MR) is 72.6 cm³/mol. The van der Waals surface area contributed by atoms with Crippen LogP contribution in [0.3, 0.4) is 0 Å². The lowest BCUT2D eigenvalue weighted by molar-refractivity contribution is -0.137. The largest absolute Gasteiger partial charge is 0.416 e. The average Bonchev–Trinajstić information content (AvgIpc) is 2.38. The van der Waals surface area contributed by atoms with Crippen LogP contribution in [0.2, 0.25) is 0 Å². The smallest absolute Gasteiger partial charge is 0.388 e. The fourth-order valence-corrected chi connectivity index (χ4v) is 1.55. The summed E-state index contributed by atoms with van der Waals surface area (Å²) in [6.45, 7) is 0. The zero-order valence-corrected chi connectivity index (χ0v) is 10.8. The van der Waals surface area contributed by atoms with E-state index in [-0.39, 0.29) is 10.7 Å². The molecule has 0 aliphatic heterocycles. The van der Waals surface area contributed by atoms with E-state index < -0.39 is 11.7 Å². The summed E-state index contributed by atoms with van der Waals surface area (Å²) in [5.41, 5.74) is 5.23. The van der Waals surface area contributed by atoms with Gasteiger partial charge in [0, 0.05) is 5.69 Å². The third-order valence-corrected chi connectivity index (χ3v) is 2.58. The molecule has 0 amide bonds. The molecule has 0 unspecified atom stereocenters. The Morgan fingerprint density at radius 3 is 2.50 bits per heavy atom. The number of benzene rings is 1. The minimum Gasteiger partial charge on any atom is -0.388 e. The number of nitrogens with two attached hydrogens (primary N) is 1. The minimum absolute atomic E-state index is 0.100. The molecule has 0 bridgehead atoms. The third kappa shape index (κ3) is 3.41. The summed E-state index contributed by atoms with van der Waals surface area (Å²) in [6, 6.07) is 4.79. The average molecular weight is 298 g/mol. The van der Waals surface area contributed by atoms with Crippen molar-refractivity contribution in [3.05, 3.63) is 47.9 Å². The number of halogens is 3. The van der Waals surface area contributed by atoms with Gasteiger partial charge in [-0.05, 0) is 18.2 Å². The highest BCUT2D eigenvalue weighted by atomic mass is 32.1. The van der Waals surface area contributed by atoms with E-state index in [0.717, 1.165) is 12.1 Å². The molecule has 3 N–H and O–H groups in total. The van der Waals surface area contributed by atoms with Crippen LogP contribution in [-0.2, 0) is 6.18 Å². The van der Waals surface area contributed by atoms with Crippen molar-refractivity contribution in [3.8, 4) is 0 Å². The molecule has 0 aliphatic carbocycles. The van der Waals surface area contributed by atoms with Gasteiger partial charge in [0.25, 0.3) is 0 Å². The SMILES string of the molecule is NC(=S)c1cnc(Nc2cccc(C(F)(F)F)c2)cn1. The van der Waals surface area contributed by atoms with Gasteiger partial charge in [0.05, 0.1) is 18.0 Å². The molecule has 0 atom stereocenters. The fourth-order valence-electron chi connectivity index (χ4n) is 1.44. The lowest BCUT2D eigenvalue weighted by atomic mass is 10.2. The maximum atomic E-state index is 12.6. The van der Waals surface area contributed by atoms with Crippen LogP contribution in [0.15, 0.2) is 36.7 Å². The zero-order chi connectivity index (χ0) is 14.8. The van der Waals surface area contributed by atoms with E-state index in [2.05, 4.69) is 15.3 Å². The number of anilines is 2. The molecule has 2 rings (SSSR count). The second kappa shape index (κ2) is 5.41. The van der Waals surface area contributed by atoms with Crippen molar-refractivity contribution in [1.82, 2.24) is 9.97 Å². The summed E-state index contributed by atoms with van der Waals surface area (Å²) in [7, 11) is 0. The van der Waals surface area contributed by atoms with Crippen molar-refractivity contribution >= 4 is 28.7 Å². The number of hydrogen-bond acceptors (Lipinski definition) is 4. The summed E-state index contributed by atoms with van der Waals surface area (Å²) >= 11 is 4.72. The Kier molecular flexibility index (Phi) is 3.84. The molecule has 1 aromatic heterocycles. The lowest BCUT2D eigenvalue weighted by Crippen LogP contribution is -2.12. The summed E-state index contributed by atoms with van der Waals surface area (Å²) in [4.78, 5) is 8.00. The van der Waals surface area contributed by atoms with Gasteiger partial charge in [-0.15, -0.1) is 0 Å². The highest BCUT2D eigenvalue weighted by molar-refractivity contribution is 7.80. The van der Waals surface area contributed by atoms with Gasteiger partial charge in [0.15, 0.2) is 0 Å². The lowest BCUT2D eigenvalue weighted by Gasteiger charge is -2.10. The van der Waals surface area contributed by atoms with E-state index in [1.165, 1.54) is 24.5 Å². The van der Waals surface area contributed by atoms with Crippen molar-refractivity contribution in [2.75, 3.05) is 5.32 Å². The van der Waals surface area contributed by atoms with E-state index in [1.807, 2.05) is 0 Å². The Hall–Kier alpha value is -2.22. The molecule has 4 nitrogen and oxygen atoms in total. The van der Waals surface area contributed by atoms with Crippen LogP contribution in [0.1, 0.15) is 11.3 Å². The summed E-state index contributed by atoms with van der Waals surface area (Å²) < 4.78 is 37.7. The summed E-state index contributed by atoms with van der Waals surface area (Å²) in [5.74, 6) is 0.296. The Morgan fingerprint density at radius 1 is 1.20 bits per heavy atom. The van der Waals surface area contributed by atoms with Crippen molar-refractivity contribution in [3.63, 3.8) is 0 Å². The molecule has 0 saturated heterocycles. The van der Waals surface area contributed by atoms with Crippen LogP contribution in [0.4, 0.5) is 24.7 Å². The summed E-state index contributed by atoms with van der Waals surface area (Å²) in [5, 5.41) is 2.72. The van der Waals surface area contributed by atoms with Gasteiger partial charge in [0.2, 0.25) is 0 Å². The van der Waals surface area contributed by atoms with Crippen LogP contribution >= 0.6 is 12.2 Å². The van der Waals surface area contributed by atoms with Crippen LogP contribution < -0.4 is 11.1 Å². The molecule has 0 saturated carbocycles. The van der Waals surface area contributed by atoms with E-state index in [4.69, 9.17) is 18.0 Å². The number of nitrogens with zero attached hydrogens (tertiary/aromatic N) is 2. The molecule has 1 aromatic carbocycles. The number of thiocarbonyl (C=S) groups is 1. The Bertz CT molecular complexity index is 625. The number of hydrogen-bond donors (Lipinski definition) is 2. The standard InChI is InChI=1S/C12H9F3N4S/c13-12(14,15)7-2-1-3-8(4-7)19-10-6-17-9(5-18-10)11(16)20/h1-6H,(H2,16,20)(H,18,19). The van der Waals surface area contributed by atoms with Gasteiger partial charge < -0.3 is 11.1 Å². The number of aromatic nitrogens is 2. The molecule has 104 valence electrons. The van der Waals surface area contributed by atoms with Crippen molar-refractivity contribution in [2.24, 2.45) is 5.73 Å². The molecule has 8 heteroatoms.